The van der Waals surface area contributed by atoms with Gasteiger partial charge in [-0.1, -0.05) is 40.9 Å². The molecule has 0 radical (unpaired) electrons. The fourth-order valence-electron chi connectivity index (χ4n) is 2.46. The van der Waals surface area contributed by atoms with E-state index in [0.29, 0.717) is 21.9 Å². The lowest BCUT2D eigenvalue weighted by Crippen LogP contribution is -2.18. The maximum atomic E-state index is 12.2. The molecule has 0 aliphatic rings. The molecule has 29 heavy (non-hydrogen) atoms. The van der Waals surface area contributed by atoms with Gasteiger partial charge in [-0.15, -0.1) is 0 Å². The molecule has 146 valence electrons. The molecule has 1 N–H and O–H groups in total. The highest BCUT2D eigenvalue weighted by molar-refractivity contribution is 6.36. The Morgan fingerprint density at radius 3 is 2.45 bits per heavy atom. The van der Waals surface area contributed by atoms with Gasteiger partial charge >= 0.3 is 5.97 Å². The quantitative estimate of drug-likeness (QED) is 0.261. The first-order valence-electron chi connectivity index (χ1n) is 8.60. The number of rotatable bonds is 5. The molecule has 0 spiro atoms. The molecule has 5 nitrogen and oxygen atoms in total. The lowest BCUT2D eigenvalue weighted by Gasteiger charge is -2.05. The number of esters is 1. The Kier molecular flexibility index (Phi) is 6.65. The molecule has 0 aromatic heterocycles. The fraction of sp³-hybridized carbons (Fsp3) is 0.0455. The molecule has 7 heteroatoms. The number of carbonyl (C=O) groups is 2. The number of benzene rings is 3. The summed E-state index contributed by atoms with van der Waals surface area (Å²) in [6.07, 6.45) is 1.47. The SMILES string of the molecule is Cc1cccc(C(=O)Oc2ccc(/C=N/NC(=O)c3ccc(Cl)cc3Cl)cc2)c1. The van der Waals surface area contributed by atoms with Crippen molar-refractivity contribution in [1.82, 2.24) is 5.43 Å². The van der Waals surface area contributed by atoms with Crippen molar-refractivity contribution in [2.24, 2.45) is 5.10 Å². The standard InChI is InChI=1S/C22H16Cl2N2O3/c1-14-3-2-4-16(11-14)22(28)29-18-8-5-15(6-9-18)13-25-26-21(27)19-10-7-17(23)12-20(19)24/h2-13H,1H3,(H,26,27)/b25-13+. The van der Waals surface area contributed by atoms with Crippen molar-refractivity contribution >= 4 is 41.3 Å². The number of hydrogen-bond donors (Lipinski definition) is 1. The van der Waals surface area contributed by atoms with Crippen LogP contribution in [0.5, 0.6) is 5.75 Å². The van der Waals surface area contributed by atoms with Crippen LogP contribution in [0.4, 0.5) is 0 Å². The molecule has 1 amide bonds. The molecule has 0 fully saturated rings. The Hall–Kier alpha value is -3.15. The molecule has 0 unspecified atom stereocenters. The maximum absolute atomic E-state index is 12.2. The maximum Gasteiger partial charge on any atom is 0.343 e. The summed E-state index contributed by atoms with van der Waals surface area (Å²) >= 11 is 11.8. The second-order valence-electron chi connectivity index (χ2n) is 6.15. The minimum atomic E-state index is -0.452. The van der Waals surface area contributed by atoms with Gasteiger partial charge in [0.1, 0.15) is 5.75 Å². The van der Waals surface area contributed by atoms with Crippen LogP contribution in [0.2, 0.25) is 10.0 Å². The number of nitrogens with one attached hydrogen (secondary N) is 1. The summed E-state index contributed by atoms with van der Waals surface area (Å²) in [6, 6.07) is 18.5. The highest BCUT2D eigenvalue weighted by Gasteiger charge is 2.10. The van der Waals surface area contributed by atoms with Crippen molar-refractivity contribution in [3.8, 4) is 5.75 Å². The summed E-state index contributed by atoms with van der Waals surface area (Å²) in [4.78, 5) is 24.3. The van der Waals surface area contributed by atoms with Crippen LogP contribution >= 0.6 is 23.2 Å². The molecule has 3 rings (SSSR count). The number of hydrogen-bond acceptors (Lipinski definition) is 4. The van der Waals surface area contributed by atoms with Gasteiger partial charge in [-0.2, -0.15) is 5.10 Å². The molecule has 0 heterocycles. The van der Waals surface area contributed by atoms with E-state index in [9.17, 15) is 9.59 Å². The van der Waals surface area contributed by atoms with Crippen LogP contribution in [0.25, 0.3) is 0 Å². The third-order valence-corrected chi connectivity index (χ3v) is 4.45. The van der Waals surface area contributed by atoms with Crippen molar-refractivity contribution in [2.45, 2.75) is 6.92 Å². The number of amides is 1. The molecule has 0 saturated carbocycles. The molecule has 3 aromatic rings. The van der Waals surface area contributed by atoms with E-state index < -0.39 is 11.9 Å². The molecular weight excluding hydrogens is 411 g/mol. The van der Waals surface area contributed by atoms with Crippen molar-refractivity contribution < 1.29 is 14.3 Å². The van der Waals surface area contributed by atoms with Crippen LogP contribution in [0.1, 0.15) is 31.8 Å². The predicted molar refractivity (Wildman–Crippen MR) is 114 cm³/mol. The second-order valence-corrected chi connectivity index (χ2v) is 6.99. The predicted octanol–water partition coefficient (Wildman–Crippen LogP) is 5.28. The normalized spacial score (nSPS) is 10.7. The van der Waals surface area contributed by atoms with Crippen molar-refractivity contribution in [1.29, 1.82) is 0 Å². The number of halogens is 2. The topological polar surface area (TPSA) is 67.8 Å². The van der Waals surface area contributed by atoms with Crippen LogP contribution in [0, 0.1) is 6.92 Å². The highest BCUT2D eigenvalue weighted by Crippen LogP contribution is 2.20. The first-order valence-corrected chi connectivity index (χ1v) is 9.35. The monoisotopic (exact) mass is 426 g/mol. The number of ether oxygens (including phenoxy) is 1. The van der Waals surface area contributed by atoms with Gasteiger partial charge in [0, 0.05) is 5.02 Å². The second kappa shape index (κ2) is 9.37. The lowest BCUT2D eigenvalue weighted by molar-refractivity contribution is 0.0734. The molecule has 0 saturated heterocycles. The summed E-state index contributed by atoms with van der Waals surface area (Å²) in [5.41, 5.74) is 4.84. The van der Waals surface area contributed by atoms with Gasteiger partial charge in [-0.25, -0.2) is 10.2 Å². The third kappa shape index (κ3) is 5.67. The van der Waals surface area contributed by atoms with Crippen molar-refractivity contribution in [3.63, 3.8) is 0 Å². The molecular formula is C22H16Cl2N2O3. The fourth-order valence-corrected chi connectivity index (χ4v) is 2.95. The number of hydrazone groups is 1. The smallest absolute Gasteiger partial charge is 0.343 e. The lowest BCUT2D eigenvalue weighted by atomic mass is 10.1. The van der Waals surface area contributed by atoms with Gasteiger partial charge in [0.05, 0.1) is 22.4 Å². The van der Waals surface area contributed by atoms with E-state index in [1.165, 1.54) is 18.3 Å². The first-order chi connectivity index (χ1) is 13.9. The molecule has 3 aromatic carbocycles. The van der Waals surface area contributed by atoms with Crippen LogP contribution in [-0.4, -0.2) is 18.1 Å². The van der Waals surface area contributed by atoms with E-state index in [2.05, 4.69) is 10.5 Å². The van der Waals surface area contributed by atoms with Gasteiger partial charge in [0.25, 0.3) is 5.91 Å². The molecule has 0 bridgehead atoms. The first kappa shape index (κ1) is 20.6. The Morgan fingerprint density at radius 1 is 1.00 bits per heavy atom. The summed E-state index contributed by atoms with van der Waals surface area (Å²) in [5, 5.41) is 4.59. The van der Waals surface area contributed by atoms with Gasteiger partial charge in [0.15, 0.2) is 0 Å². The zero-order valence-corrected chi connectivity index (χ0v) is 16.9. The Balaban J connectivity index is 1.58. The van der Waals surface area contributed by atoms with Crippen LogP contribution in [0.3, 0.4) is 0 Å². The third-order valence-electron chi connectivity index (χ3n) is 3.90. The van der Waals surface area contributed by atoms with Gasteiger partial charge in [-0.05, 0) is 67.1 Å². The Labute approximate surface area is 177 Å². The van der Waals surface area contributed by atoms with E-state index in [4.69, 9.17) is 27.9 Å². The number of carbonyl (C=O) groups excluding carboxylic acids is 2. The van der Waals surface area contributed by atoms with E-state index in [-0.39, 0.29) is 10.6 Å². The van der Waals surface area contributed by atoms with E-state index >= 15 is 0 Å². The number of nitrogens with zero attached hydrogens (tertiary/aromatic N) is 1. The zero-order valence-electron chi connectivity index (χ0n) is 15.4. The largest absolute Gasteiger partial charge is 0.423 e. The summed E-state index contributed by atoms with van der Waals surface area (Å²) < 4.78 is 5.36. The van der Waals surface area contributed by atoms with E-state index in [0.717, 1.165) is 5.56 Å². The van der Waals surface area contributed by atoms with Gasteiger partial charge in [-0.3, -0.25) is 4.79 Å². The summed E-state index contributed by atoms with van der Waals surface area (Å²) in [6.45, 7) is 1.91. The van der Waals surface area contributed by atoms with E-state index in [1.54, 1.807) is 48.5 Å². The zero-order chi connectivity index (χ0) is 20.8. The number of aryl methyl sites for hydroxylation is 1. The van der Waals surface area contributed by atoms with Crippen LogP contribution in [0.15, 0.2) is 71.8 Å². The van der Waals surface area contributed by atoms with Crippen molar-refractivity contribution in [2.75, 3.05) is 0 Å². The summed E-state index contributed by atoms with van der Waals surface area (Å²) in [7, 11) is 0. The highest BCUT2D eigenvalue weighted by atomic mass is 35.5. The summed E-state index contributed by atoms with van der Waals surface area (Å²) in [5.74, 6) is -0.473. The van der Waals surface area contributed by atoms with E-state index in [1.807, 2.05) is 13.0 Å². The minimum Gasteiger partial charge on any atom is -0.423 e. The molecule has 0 atom stereocenters. The minimum absolute atomic E-state index is 0.241. The molecule has 0 aliphatic heterocycles. The Bertz CT molecular complexity index is 1080. The average Bonchev–Trinajstić information content (AvgIpc) is 2.69. The van der Waals surface area contributed by atoms with Gasteiger partial charge in [0.2, 0.25) is 0 Å². The average molecular weight is 427 g/mol. The van der Waals surface area contributed by atoms with Gasteiger partial charge < -0.3 is 4.74 Å². The van der Waals surface area contributed by atoms with Crippen molar-refractivity contribution in [3.05, 3.63) is 99.0 Å². The molecule has 0 aliphatic carbocycles. The van der Waals surface area contributed by atoms with Crippen LogP contribution in [-0.2, 0) is 0 Å². The van der Waals surface area contributed by atoms with Crippen LogP contribution < -0.4 is 10.2 Å². The Morgan fingerprint density at radius 2 is 1.76 bits per heavy atom.